The standard InChI is InChI=1S/C10H13NO5/c1-6(9(12)13)11-4-3-7(10(14)15)8(11)5-16-2/h3-4,6H,5H2,1-2H3,(H,12,13)(H,14,15). The van der Waals surface area contributed by atoms with Crippen LogP contribution >= 0.6 is 0 Å². The largest absolute Gasteiger partial charge is 0.480 e. The van der Waals surface area contributed by atoms with Crippen molar-refractivity contribution in [1.82, 2.24) is 4.57 Å². The molecule has 0 aliphatic rings. The van der Waals surface area contributed by atoms with Gasteiger partial charge in [0.25, 0.3) is 0 Å². The molecule has 1 atom stereocenters. The summed E-state index contributed by atoms with van der Waals surface area (Å²) < 4.78 is 6.25. The minimum Gasteiger partial charge on any atom is -0.480 e. The number of hydrogen-bond acceptors (Lipinski definition) is 3. The summed E-state index contributed by atoms with van der Waals surface area (Å²) in [6.45, 7) is 1.54. The molecule has 2 N–H and O–H groups in total. The Kier molecular flexibility index (Phi) is 3.68. The number of carboxylic acid groups (broad SMARTS) is 2. The lowest BCUT2D eigenvalue weighted by Crippen LogP contribution is -2.18. The predicted octanol–water partition coefficient (Wildman–Crippen LogP) is 0.978. The van der Waals surface area contributed by atoms with Gasteiger partial charge in [0.2, 0.25) is 0 Å². The smallest absolute Gasteiger partial charge is 0.337 e. The highest BCUT2D eigenvalue weighted by Crippen LogP contribution is 2.18. The Balaban J connectivity index is 3.19. The van der Waals surface area contributed by atoms with Crippen molar-refractivity contribution in [2.24, 2.45) is 0 Å². The van der Waals surface area contributed by atoms with E-state index in [0.29, 0.717) is 5.69 Å². The third-order valence-electron chi connectivity index (χ3n) is 2.31. The second-order valence-corrected chi connectivity index (χ2v) is 3.34. The zero-order chi connectivity index (χ0) is 12.3. The van der Waals surface area contributed by atoms with E-state index in [1.165, 1.54) is 30.9 Å². The molecule has 0 amide bonds. The zero-order valence-corrected chi connectivity index (χ0v) is 9.01. The fourth-order valence-electron chi connectivity index (χ4n) is 1.45. The number of carboxylic acids is 2. The number of aliphatic carboxylic acids is 1. The molecule has 6 nitrogen and oxygen atoms in total. The average molecular weight is 227 g/mol. The number of carbonyl (C=O) groups is 2. The van der Waals surface area contributed by atoms with E-state index in [-0.39, 0.29) is 12.2 Å². The molecule has 16 heavy (non-hydrogen) atoms. The lowest BCUT2D eigenvalue weighted by Gasteiger charge is -2.13. The van der Waals surface area contributed by atoms with E-state index >= 15 is 0 Å². The third-order valence-corrected chi connectivity index (χ3v) is 2.31. The van der Waals surface area contributed by atoms with Crippen LogP contribution in [0.2, 0.25) is 0 Å². The first kappa shape index (κ1) is 12.3. The summed E-state index contributed by atoms with van der Waals surface area (Å²) in [5.41, 5.74) is 0.417. The van der Waals surface area contributed by atoms with Crippen LogP contribution in [0.5, 0.6) is 0 Å². The Morgan fingerprint density at radius 2 is 2.12 bits per heavy atom. The van der Waals surface area contributed by atoms with Crippen LogP contribution in [-0.2, 0) is 16.1 Å². The Labute approximate surface area is 92.1 Å². The summed E-state index contributed by atoms with van der Waals surface area (Å²) >= 11 is 0. The van der Waals surface area contributed by atoms with Gasteiger partial charge in [0.15, 0.2) is 0 Å². The van der Waals surface area contributed by atoms with Crippen LogP contribution in [0.15, 0.2) is 12.3 Å². The molecule has 0 aliphatic carbocycles. The number of rotatable bonds is 5. The number of aromatic nitrogens is 1. The molecule has 1 aromatic rings. The highest BCUT2D eigenvalue weighted by molar-refractivity contribution is 5.89. The Hall–Kier alpha value is -1.82. The molecule has 1 heterocycles. The first-order valence-corrected chi connectivity index (χ1v) is 4.63. The van der Waals surface area contributed by atoms with E-state index in [2.05, 4.69) is 0 Å². The van der Waals surface area contributed by atoms with Crippen molar-refractivity contribution in [3.8, 4) is 0 Å². The molecule has 0 aliphatic heterocycles. The maximum Gasteiger partial charge on any atom is 0.337 e. The molecular weight excluding hydrogens is 214 g/mol. The first-order chi connectivity index (χ1) is 7.49. The summed E-state index contributed by atoms with van der Waals surface area (Å²) in [5.74, 6) is -2.12. The molecular formula is C10H13NO5. The third kappa shape index (κ3) is 2.22. The van der Waals surface area contributed by atoms with Crippen molar-refractivity contribution in [2.75, 3.05) is 7.11 Å². The SMILES string of the molecule is COCc1c(C(=O)O)ccn1C(C)C(=O)O. The quantitative estimate of drug-likeness (QED) is 0.782. The summed E-state index contributed by atoms with van der Waals surface area (Å²) in [6.07, 6.45) is 1.44. The monoisotopic (exact) mass is 227 g/mol. The summed E-state index contributed by atoms with van der Waals surface area (Å²) in [5, 5.41) is 17.8. The molecule has 0 bridgehead atoms. The first-order valence-electron chi connectivity index (χ1n) is 4.63. The van der Waals surface area contributed by atoms with Crippen molar-refractivity contribution >= 4 is 11.9 Å². The number of nitrogens with zero attached hydrogens (tertiary/aromatic N) is 1. The normalized spacial score (nSPS) is 12.4. The highest BCUT2D eigenvalue weighted by atomic mass is 16.5. The fourth-order valence-corrected chi connectivity index (χ4v) is 1.45. The minimum absolute atomic E-state index is 0.0618. The lowest BCUT2D eigenvalue weighted by molar-refractivity contribution is -0.140. The van der Waals surface area contributed by atoms with Gasteiger partial charge in [-0.2, -0.15) is 0 Å². The van der Waals surface area contributed by atoms with Crippen LogP contribution in [0.1, 0.15) is 29.0 Å². The summed E-state index contributed by atoms with van der Waals surface area (Å²) in [6, 6.07) is 0.550. The maximum atomic E-state index is 10.9. The molecule has 1 aromatic heterocycles. The molecule has 0 fully saturated rings. The molecule has 0 aromatic carbocycles. The Morgan fingerprint density at radius 3 is 2.56 bits per heavy atom. The van der Waals surface area contributed by atoms with Gasteiger partial charge in [0, 0.05) is 13.3 Å². The molecule has 0 saturated carbocycles. The average Bonchev–Trinajstić information content (AvgIpc) is 2.61. The summed E-state index contributed by atoms with van der Waals surface area (Å²) in [4.78, 5) is 21.7. The van der Waals surface area contributed by atoms with Gasteiger partial charge in [-0.25, -0.2) is 9.59 Å². The molecule has 1 unspecified atom stereocenters. The maximum absolute atomic E-state index is 10.9. The minimum atomic E-state index is -1.09. The van der Waals surface area contributed by atoms with E-state index in [1.807, 2.05) is 0 Å². The van der Waals surface area contributed by atoms with Crippen molar-refractivity contribution in [1.29, 1.82) is 0 Å². The molecule has 0 spiro atoms. The number of aromatic carboxylic acids is 1. The fraction of sp³-hybridized carbons (Fsp3) is 0.400. The van der Waals surface area contributed by atoms with Crippen LogP contribution in [0.3, 0.4) is 0 Å². The molecule has 1 rings (SSSR count). The van der Waals surface area contributed by atoms with Gasteiger partial charge >= 0.3 is 11.9 Å². The zero-order valence-electron chi connectivity index (χ0n) is 9.01. The van der Waals surface area contributed by atoms with Gasteiger partial charge in [0.1, 0.15) is 6.04 Å². The number of methoxy groups -OCH3 is 1. The van der Waals surface area contributed by atoms with Gasteiger partial charge in [-0.05, 0) is 13.0 Å². The summed E-state index contributed by atoms with van der Waals surface area (Å²) in [7, 11) is 1.43. The molecule has 0 saturated heterocycles. The predicted molar refractivity (Wildman–Crippen MR) is 54.5 cm³/mol. The number of hydrogen-bond donors (Lipinski definition) is 2. The van der Waals surface area contributed by atoms with Crippen molar-refractivity contribution in [2.45, 2.75) is 19.6 Å². The van der Waals surface area contributed by atoms with E-state index in [1.54, 1.807) is 0 Å². The van der Waals surface area contributed by atoms with Crippen LogP contribution in [0.4, 0.5) is 0 Å². The Bertz CT molecular complexity index is 409. The van der Waals surface area contributed by atoms with E-state index in [9.17, 15) is 9.59 Å². The Morgan fingerprint density at radius 1 is 1.50 bits per heavy atom. The van der Waals surface area contributed by atoms with E-state index in [0.717, 1.165) is 0 Å². The second-order valence-electron chi connectivity index (χ2n) is 3.34. The second kappa shape index (κ2) is 4.80. The van der Waals surface area contributed by atoms with Gasteiger partial charge in [-0.3, -0.25) is 0 Å². The van der Waals surface area contributed by atoms with Crippen LogP contribution in [0.25, 0.3) is 0 Å². The number of ether oxygens (including phenoxy) is 1. The van der Waals surface area contributed by atoms with E-state index < -0.39 is 18.0 Å². The van der Waals surface area contributed by atoms with E-state index in [4.69, 9.17) is 14.9 Å². The van der Waals surface area contributed by atoms with Gasteiger partial charge in [-0.1, -0.05) is 0 Å². The van der Waals surface area contributed by atoms with Crippen LogP contribution < -0.4 is 0 Å². The molecule has 0 radical (unpaired) electrons. The van der Waals surface area contributed by atoms with Gasteiger partial charge in [-0.15, -0.1) is 0 Å². The van der Waals surface area contributed by atoms with Crippen molar-refractivity contribution < 1.29 is 24.5 Å². The topological polar surface area (TPSA) is 88.8 Å². The van der Waals surface area contributed by atoms with Crippen molar-refractivity contribution in [3.05, 3.63) is 23.5 Å². The lowest BCUT2D eigenvalue weighted by atomic mass is 10.2. The van der Waals surface area contributed by atoms with Crippen LogP contribution in [-0.4, -0.2) is 33.8 Å². The highest BCUT2D eigenvalue weighted by Gasteiger charge is 2.21. The van der Waals surface area contributed by atoms with Crippen molar-refractivity contribution in [3.63, 3.8) is 0 Å². The van der Waals surface area contributed by atoms with Gasteiger partial charge in [0.05, 0.1) is 17.9 Å². The van der Waals surface area contributed by atoms with Crippen LogP contribution in [0, 0.1) is 0 Å². The van der Waals surface area contributed by atoms with Gasteiger partial charge < -0.3 is 19.5 Å². The molecule has 88 valence electrons. The molecule has 6 heteroatoms.